The van der Waals surface area contributed by atoms with E-state index in [1.807, 2.05) is 6.92 Å². The second kappa shape index (κ2) is 4.31. The number of hydrogen-bond acceptors (Lipinski definition) is 5. The molecule has 0 spiro atoms. The van der Waals surface area contributed by atoms with Crippen LogP contribution in [0.25, 0.3) is 0 Å². The fourth-order valence-corrected chi connectivity index (χ4v) is 1.94. The van der Waals surface area contributed by atoms with Crippen LogP contribution in [0.5, 0.6) is 0 Å². The van der Waals surface area contributed by atoms with Gasteiger partial charge in [-0.15, -0.1) is 0 Å². The van der Waals surface area contributed by atoms with Gasteiger partial charge in [0.2, 0.25) is 0 Å². The Morgan fingerprint density at radius 1 is 1.71 bits per heavy atom. The van der Waals surface area contributed by atoms with Gasteiger partial charge in [-0.1, -0.05) is 13.5 Å². The van der Waals surface area contributed by atoms with Gasteiger partial charge in [0, 0.05) is 12.1 Å². The predicted molar refractivity (Wildman–Crippen MR) is 62.2 cm³/mol. The van der Waals surface area contributed by atoms with Gasteiger partial charge in [-0.3, -0.25) is 4.57 Å². The molecule has 6 nitrogen and oxygen atoms in total. The van der Waals surface area contributed by atoms with Crippen LogP contribution >= 0.6 is 0 Å². The average Bonchev–Trinajstić information content (AvgIpc) is 2.57. The molecule has 0 aliphatic carbocycles. The summed E-state index contributed by atoms with van der Waals surface area (Å²) in [6, 6.07) is 1.53. The summed E-state index contributed by atoms with van der Waals surface area (Å²) in [6.07, 6.45) is 0.624. The number of hydrogen-bond donors (Lipinski definition) is 2. The third kappa shape index (κ3) is 1.96. The summed E-state index contributed by atoms with van der Waals surface area (Å²) in [5, 5.41) is 9.12. The molecule has 1 saturated heterocycles. The van der Waals surface area contributed by atoms with Crippen LogP contribution in [-0.2, 0) is 4.74 Å². The van der Waals surface area contributed by atoms with Crippen molar-refractivity contribution in [3.05, 3.63) is 34.9 Å². The van der Waals surface area contributed by atoms with Crippen LogP contribution in [0, 0.1) is 5.92 Å². The molecule has 6 heteroatoms. The van der Waals surface area contributed by atoms with E-state index in [1.165, 1.54) is 10.6 Å². The zero-order valence-corrected chi connectivity index (χ0v) is 9.54. The second-order valence-electron chi connectivity index (χ2n) is 4.10. The van der Waals surface area contributed by atoms with Gasteiger partial charge in [0.05, 0.1) is 6.61 Å². The molecular formula is C11H15N3O3. The molecule has 1 aliphatic rings. The van der Waals surface area contributed by atoms with Crippen LogP contribution in [0.3, 0.4) is 0 Å². The Balaban J connectivity index is 2.35. The number of rotatable bonds is 2. The van der Waals surface area contributed by atoms with E-state index in [1.54, 1.807) is 6.20 Å². The summed E-state index contributed by atoms with van der Waals surface area (Å²) in [5.41, 5.74) is 5.73. The highest BCUT2D eigenvalue weighted by atomic mass is 16.5. The maximum absolute atomic E-state index is 11.7. The zero-order chi connectivity index (χ0) is 12.6. The molecule has 1 aromatic heterocycles. The quantitative estimate of drug-likeness (QED) is 0.701. The summed E-state index contributed by atoms with van der Waals surface area (Å²) in [5.74, 6) is 0.115. The fraction of sp³-hybridized carbons (Fsp3) is 0.455. The van der Waals surface area contributed by atoms with E-state index in [-0.39, 0.29) is 18.3 Å². The predicted octanol–water partition coefficient (Wildman–Crippen LogP) is -0.0925. The van der Waals surface area contributed by atoms with Gasteiger partial charge in [-0.05, 0) is 11.6 Å². The third-order valence-electron chi connectivity index (χ3n) is 3.02. The number of anilines is 1. The van der Waals surface area contributed by atoms with Crippen molar-refractivity contribution in [2.24, 2.45) is 5.92 Å². The highest BCUT2D eigenvalue weighted by Crippen LogP contribution is 2.36. The first-order valence-corrected chi connectivity index (χ1v) is 5.34. The maximum atomic E-state index is 11.7. The molecule has 1 aromatic rings. The third-order valence-corrected chi connectivity index (χ3v) is 3.02. The largest absolute Gasteiger partial charge is 0.393 e. The smallest absolute Gasteiger partial charge is 0.351 e. The monoisotopic (exact) mass is 237 g/mol. The molecule has 0 aromatic carbocycles. The van der Waals surface area contributed by atoms with Crippen LogP contribution in [0.15, 0.2) is 29.2 Å². The highest BCUT2D eigenvalue weighted by Gasteiger charge is 2.36. The maximum Gasteiger partial charge on any atom is 0.351 e. The Hall–Kier alpha value is -1.66. The van der Waals surface area contributed by atoms with Gasteiger partial charge < -0.3 is 15.6 Å². The lowest BCUT2D eigenvalue weighted by molar-refractivity contribution is -0.0304. The Morgan fingerprint density at radius 2 is 2.41 bits per heavy atom. The van der Waals surface area contributed by atoms with Crippen molar-refractivity contribution >= 4 is 5.82 Å². The summed E-state index contributed by atoms with van der Waals surface area (Å²) in [7, 11) is 0. The lowest BCUT2D eigenvalue weighted by Crippen LogP contribution is -2.29. The normalized spacial score (nSPS) is 28.6. The number of nitrogens with two attached hydrogens (primary N) is 1. The Labute approximate surface area is 98.3 Å². The first kappa shape index (κ1) is 11.8. The van der Waals surface area contributed by atoms with Crippen LogP contribution in [-0.4, -0.2) is 27.4 Å². The molecule has 3 N–H and O–H groups in total. The molecule has 2 heterocycles. The first-order valence-electron chi connectivity index (χ1n) is 5.34. The van der Waals surface area contributed by atoms with Crippen LogP contribution in [0.1, 0.15) is 13.2 Å². The van der Waals surface area contributed by atoms with Gasteiger partial charge >= 0.3 is 5.69 Å². The molecule has 3 unspecified atom stereocenters. The SMILES string of the molecule is C=C1C(CO)OC(n2ccc(N)nc2=O)C1C. The molecule has 1 fully saturated rings. The van der Waals surface area contributed by atoms with Crippen molar-refractivity contribution in [1.29, 1.82) is 0 Å². The Bertz CT molecular complexity index is 497. The van der Waals surface area contributed by atoms with E-state index in [9.17, 15) is 4.79 Å². The molecule has 0 radical (unpaired) electrons. The van der Waals surface area contributed by atoms with Gasteiger partial charge in [0.15, 0.2) is 0 Å². The Morgan fingerprint density at radius 3 is 2.94 bits per heavy atom. The van der Waals surface area contributed by atoms with Crippen molar-refractivity contribution in [3.8, 4) is 0 Å². The molecule has 92 valence electrons. The molecule has 17 heavy (non-hydrogen) atoms. The van der Waals surface area contributed by atoms with E-state index in [2.05, 4.69) is 11.6 Å². The van der Waals surface area contributed by atoms with Gasteiger partial charge in [-0.2, -0.15) is 4.98 Å². The fourth-order valence-electron chi connectivity index (χ4n) is 1.94. The van der Waals surface area contributed by atoms with Crippen LogP contribution in [0.2, 0.25) is 0 Å². The molecule has 1 aliphatic heterocycles. The van der Waals surface area contributed by atoms with Crippen molar-refractivity contribution in [2.75, 3.05) is 12.3 Å². The number of aliphatic hydroxyl groups excluding tert-OH is 1. The summed E-state index contributed by atoms with van der Waals surface area (Å²) < 4.78 is 6.94. The average molecular weight is 237 g/mol. The van der Waals surface area contributed by atoms with E-state index >= 15 is 0 Å². The molecular weight excluding hydrogens is 222 g/mol. The van der Waals surface area contributed by atoms with Crippen LogP contribution < -0.4 is 11.4 Å². The molecule has 2 rings (SSSR count). The van der Waals surface area contributed by atoms with Gasteiger partial charge in [0.1, 0.15) is 18.1 Å². The van der Waals surface area contributed by atoms with Gasteiger partial charge in [-0.25, -0.2) is 4.79 Å². The van der Waals surface area contributed by atoms with E-state index in [0.717, 1.165) is 5.57 Å². The molecule has 3 atom stereocenters. The number of nitrogen functional groups attached to an aromatic ring is 1. The topological polar surface area (TPSA) is 90.4 Å². The number of aromatic nitrogens is 2. The molecule has 0 bridgehead atoms. The minimum atomic E-state index is -0.486. The van der Waals surface area contributed by atoms with Crippen molar-refractivity contribution < 1.29 is 9.84 Å². The first-order chi connectivity index (χ1) is 8.04. The lowest BCUT2D eigenvalue weighted by atomic mass is 10.0. The molecule has 0 saturated carbocycles. The minimum Gasteiger partial charge on any atom is -0.393 e. The lowest BCUT2D eigenvalue weighted by Gasteiger charge is -2.17. The second-order valence-corrected chi connectivity index (χ2v) is 4.10. The number of nitrogens with zero attached hydrogens (tertiary/aromatic N) is 2. The number of ether oxygens (including phenoxy) is 1. The minimum absolute atomic E-state index is 0.0599. The number of aliphatic hydroxyl groups is 1. The zero-order valence-electron chi connectivity index (χ0n) is 9.54. The van der Waals surface area contributed by atoms with Crippen molar-refractivity contribution in [3.63, 3.8) is 0 Å². The Kier molecular flexibility index (Phi) is 2.99. The van der Waals surface area contributed by atoms with E-state index < -0.39 is 18.0 Å². The van der Waals surface area contributed by atoms with Gasteiger partial charge in [0.25, 0.3) is 0 Å². The highest BCUT2D eigenvalue weighted by molar-refractivity contribution is 5.24. The molecule has 0 amide bonds. The van der Waals surface area contributed by atoms with Crippen LogP contribution in [0.4, 0.5) is 5.82 Å². The summed E-state index contributed by atoms with van der Waals surface area (Å²) >= 11 is 0. The van der Waals surface area contributed by atoms with Crippen molar-refractivity contribution in [1.82, 2.24) is 9.55 Å². The standard InChI is InChI=1S/C11H15N3O3/c1-6-7(2)10(17-8(6)5-15)14-4-3-9(12)13-11(14)16/h3-4,7-8,10,15H,1,5H2,2H3,(H2,12,13,16). The summed E-state index contributed by atoms with van der Waals surface area (Å²) in [6.45, 7) is 5.62. The van der Waals surface area contributed by atoms with E-state index in [4.69, 9.17) is 15.6 Å². The summed E-state index contributed by atoms with van der Waals surface area (Å²) in [4.78, 5) is 15.3. The van der Waals surface area contributed by atoms with Crippen molar-refractivity contribution in [2.45, 2.75) is 19.3 Å². The van der Waals surface area contributed by atoms with E-state index in [0.29, 0.717) is 0 Å².